The summed E-state index contributed by atoms with van der Waals surface area (Å²) in [7, 11) is 0. The van der Waals surface area contributed by atoms with Crippen molar-refractivity contribution in [1.29, 1.82) is 0 Å². The molecule has 2 aromatic carbocycles. The van der Waals surface area contributed by atoms with Gasteiger partial charge in [-0.05, 0) is 50.9 Å². The predicted octanol–water partition coefficient (Wildman–Crippen LogP) is 5.65. The van der Waals surface area contributed by atoms with Crippen LogP contribution >= 0.6 is 35.6 Å². The van der Waals surface area contributed by atoms with Gasteiger partial charge in [0.1, 0.15) is 6.61 Å². The fourth-order valence-corrected chi connectivity index (χ4v) is 3.15. The second-order valence-electron chi connectivity index (χ2n) is 6.16. The molecule has 0 atom stereocenters. The van der Waals surface area contributed by atoms with Crippen molar-refractivity contribution in [1.82, 2.24) is 5.32 Å². The number of ether oxygens (including phenoxy) is 2. The van der Waals surface area contributed by atoms with Gasteiger partial charge in [-0.25, -0.2) is 0 Å². The standard InChI is InChI=1S/C21H27Cl2NO3.ClH/c1-2-26-20-8-6-7-16(14-24-11-4-3-5-12-25)21(20)27-15-17-9-10-18(22)13-19(17)23;/h6-10,13,24-25H,2-5,11-12,14-15H2,1H3;1H. The number of para-hydroxylation sites is 1. The van der Waals surface area contributed by atoms with E-state index in [1.807, 2.05) is 31.2 Å². The minimum Gasteiger partial charge on any atom is -0.490 e. The van der Waals surface area contributed by atoms with E-state index >= 15 is 0 Å². The zero-order chi connectivity index (χ0) is 19.5. The maximum atomic E-state index is 8.84. The second-order valence-corrected chi connectivity index (χ2v) is 7.01. The zero-order valence-corrected chi connectivity index (χ0v) is 18.4. The molecule has 2 rings (SSSR count). The Bertz CT molecular complexity index is 713. The third-order valence-electron chi connectivity index (χ3n) is 4.07. The zero-order valence-electron chi connectivity index (χ0n) is 16.0. The van der Waals surface area contributed by atoms with Gasteiger partial charge >= 0.3 is 0 Å². The highest BCUT2D eigenvalue weighted by molar-refractivity contribution is 6.35. The first-order valence-electron chi connectivity index (χ1n) is 9.28. The Morgan fingerprint density at radius 2 is 1.82 bits per heavy atom. The van der Waals surface area contributed by atoms with Gasteiger partial charge in [0.25, 0.3) is 0 Å². The molecular weight excluding hydrogens is 421 g/mol. The van der Waals surface area contributed by atoms with Gasteiger partial charge in [0.05, 0.1) is 6.61 Å². The Hall–Kier alpha value is -1.17. The van der Waals surface area contributed by atoms with Crippen molar-refractivity contribution >= 4 is 35.6 Å². The Morgan fingerprint density at radius 1 is 1.00 bits per heavy atom. The summed E-state index contributed by atoms with van der Waals surface area (Å²) in [5.41, 5.74) is 1.91. The summed E-state index contributed by atoms with van der Waals surface area (Å²) in [5, 5.41) is 13.4. The summed E-state index contributed by atoms with van der Waals surface area (Å²) in [5.74, 6) is 1.45. The lowest BCUT2D eigenvalue weighted by atomic mass is 10.1. The lowest BCUT2D eigenvalue weighted by Gasteiger charge is -2.17. The lowest BCUT2D eigenvalue weighted by Crippen LogP contribution is -2.16. The molecule has 0 aliphatic carbocycles. The maximum absolute atomic E-state index is 8.84. The van der Waals surface area contributed by atoms with Gasteiger partial charge in [-0.2, -0.15) is 0 Å². The quantitative estimate of drug-likeness (QED) is 0.412. The summed E-state index contributed by atoms with van der Waals surface area (Å²) < 4.78 is 11.8. The molecule has 0 saturated heterocycles. The molecule has 0 aromatic heterocycles. The van der Waals surface area contributed by atoms with Gasteiger partial charge in [-0.15, -0.1) is 12.4 Å². The van der Waals surface area contributed by atoms with Gasteiger partial charge < -0.3 is 19.9 Å². The minimum absolute atomic E-state index is 0. The van der Waals surface area contributed by atoms with Gasteiger partial charge in [0.2, 0.25) is 0 Å². The molecule has 0 aliphatic rings. The van der Waals surface area contributed by atoms with Crippen LogP contribution in [0.15, 0.2) is 36.4 Å². The van der Waals surface area contributed by atoms with Gasteiger partial charge in [-0.3, -0.25) is 0 Å². The smallest absolute Gasteiger partial charge is 0.166 e. The van der Waals surface area contributed by atoms with Crippen LogP contribution < -0.4 is 14.8 Å². The van der Waals surface area contributed by atoms with E-state index in [9.17, 15) is 0 Å². The van der Waals surface area contributed by atoms with Gasteiger partial charge in [-0.1, -0.05) is 41.4 Å². The fourth-order valence-electron chi connectivity index (χ4n) is 2.68. The maximum Gasteiger partial charge on any atom is 0.166 e. The van der Waals surface area contributed by atoms with Crippen LogP contribution in [0.25, 0.3) is 0 Å². The van der Waals surface area contributed by atoms with Crippen LogP contribution in [0.3, 0.4) is 0 Å². The predicted molar refractivity (Wildman–Crippen MR) is 118 cm³/mol. The van der Waals surface area contributed by atoms with E-state index in [4.69, 9.17) is 37.8 Å². The van der Waals surface area contributed by atoms with E-state index in [2.05, 4.69) is 5.32 Å². The summed E-state index contributed by atoms with van der Waals surface area (Å²) in [4.78, 5) is 0. The highest BCUT2D eigenvalue weighted by Crippen LogP contribution is 2.33. The molecule has 0 unspecified atom stereocenters. The lowest BCUT2D eigenvalue weighted by molar-refractivity contribution is 0.266. The first-order valence-corrected chi connectivity index (χ1v) is 10.0. The minimum atomic E-state index is 0. The normalized spacial score (nSPS) is 10.4. The van der Waals surface area contributed by atoms with E-state index in [1.165, 1.54) is 0 Å². The molecule has 2 aromatic rings. The summed E-state index contributed by atoms with van der Waals surface area (Å²) >= 11 is 12.2. The molecule has 0 radical (unpaired) electrons. The number of hydrogen-bond acceptors (Lipinski definition) is 4. The average molecular weight is 449 g/mol. The Morgan fingerprint density at radius 3 is 2.54 bits per heavy atom. The number of rotatable bonds is 12. The summed E-state index contributed by atoms with van der Waals surface area (Å²) in [6, 6.07) is 11.3. The average Bonchev–Trinajstić information content (AvgIpc) is 2.65. The molecule has 0 fully saturated rings. The molecule has 4 nitrogen and oxygen atoms in total. The molecule has 28 heavy (non-hydrogen) atoms. The van der Waals surface area contributed by atoms with E-state index in [-0.39, 0.29) is 19.0 Å². The second kappa shape index (κ2) is 13.9. The first kappa shape index (κ1) is 24.9. The van der Waals surface area contributed by atoms with Crippen LogP contribution in [0, 0.1) is 0 Å². The Balaban J connectivity index is 0.00000392. The first-order chi connectivity index (χ1) is 13.2. The number of aliphatic hydroxyl groups is 1. The van der Waals surface area contributed by atoms with Crippen LogP contribution in [-0.2, 0) is 13.2 Å². The molecule has 0 aliphatic heterocycles. The van der Waals surface area contributed by atoms with Crippen LogP contribution in [0.5, 0.6) is 11.5 Å². The molecule has 2 N–H and O–H groups in total. The molecule has 0 heterocycles. The number of aliphatic hydroxyl groups excluding tert-OH is 1. The number of nitrogens with one attached hydrogen (secondary N) is 1. The molecule has 0 spiro atoms. The van der Waals surface area contributed by atoms with Crippen LogP contribution in [0.1, 0.15) is 37.3 Å². The van der Waals surface area contributed by atoms with E-state index in [1.54, 1.807) is 12.1 Å². The fraction of sp³-hybridized carbons (Fsp3) is 0.429. The van der Waals surface area contributed by atoms with Crippen LogP contribution in [-0.4, -0.2) is 24.9 Å². The number of halogens is 3. The van der Waals surface area contributed by atoms with Crippen molar-refractivity contribution in [2.24, 2.45) is 0 Å². The van der Waals surface area contributed by atoms with Crippen LogP contribution in [0.4, 0.5) is 0 Å². The molecule has 0 saturated carbocycles. The van der Waals surface area contributed by atoms with Crippen molar-refractivity contribution in [3.63, 3.8) is 0 Å². The summed E-state index contributed by atoms with van der Waals surface area (Å²) in [6.45, 7) is 4.68. The molecule has 0 bridgehead atoms. The van der Waals surface area contributed by atoms with Crippen molar-refractivity contribution in [3.8, 4) is 11.5 Å². The van der Waals surface area contributed by atoms with Gasteiger partial charge in [0, 0.05) is 34.3 Å². The summed E-state index contributed by atoms with van der Waals surface area (Å²) in [6.07, 6.45) is 2.89. The third-order valence-corrected chi connectivity index (χ3v) is 4.66. The van der Waals surface area contributed by atoms with Crippen molar-refractivity contribution in [2.75, 3.05) is 19.8 Å². The topological polar surface area (TPSA) is 50.7 Å². The van der Waals surface area contributed by atoms with Crippen LogP contribution in [0.2, 0.25) is 10.0 Å². The number of unbranched alkanes of at least 4 members (excludes halogenated alkanes) is 2. The molecule has 156 valence electrons. The van der Waals surface area contributed by atoms with E-state index < -0.39 is 0 Å². The third kappa shape index (κ3) is 8.06. The molecule has 7 heteroatoms. The van der Waals surface area contributed by atoms with Crippen molar-refractivity contribution in [2.45, 2.75) is 39.3 Å². The SMILES string of the molecule is CCOc1cccc(CNCCCCCO)c1OCc1ccc(Cl)cc1Cl.Cl. The van der Waals surface area contributed by atoms with Gasteiger partial charge in [0.15, 0.2) is 11.5 Å². The Kier molecular flexibility index (Phi) is 12.4. The van der Waals surface area contributed by atoms with E-state index in [0.717, 1.165) is 48.4 Å². The van der Waals surface area contributed by atoms with Crippen molar-refractivity contribution in [3.05, 3.63) is 57.6 Å². The van der Waals surface area contributed by atoms with E-state index in [0.29, 0.717) is 29.8 Å². The Labute approximate surface area is 183 Å². The molecule has 0 amide bonds. The number of benzene rings is 2. The number of hydrogen-bond donors (Lipinski definition) is 2. The monoisotopic (exact) mass is 447 g/mol. The van der Waals surface area contributed by atoms with Crippen molar-refractivity contribution < 1.29 is 14.6 Å². The highest BCUT2D eigenvalue weighted by atomic mass is 35.5. The largest absolute Gasteiger partial charge is 0.490 e. The molecular formula is C21H28Cl3NO3. The highest BCUT2D eigenvalue weighted by Gasteiger charge is 2.12.